The second kappa shape index (κ2) is 6.62. The summed E-state index contributed by atoms with van der Waals surface area (Å²) in [5, 5.41) is 0. The van der Waals surface area contributed by atoms with Crippen LogP contribution in [0.1, 0.15) is 27.8 Å². The largest absolute Gasteiger partial charge is 0.416 e. The van der Waals surface area contributed by atoms with E-state index in [1.807, 2.05) is 0 Å². The standard InChI is InChI=1S/C16H18F3NS/c1-2-14-7-8-15(21-14)10-13(20)9-11-3-5-12(6-4-11)16(17,18)19/h3-8,13H,2,9-10,20H2,1H3. The fraction of sp³-hybridized carbons (Fsp3) is 0.375. The van der Waals surface area contributed by atoms with Crippen LogP contribution in [0.5, 0.6) is 0 Å². The lowest BCUT2D eigenvalue weighted by Gasteiger charge is -2.12. The van der Waals surface area contributed by atoms with Gasteiger partial charge in [0.15, 0.2) is 0 Å². The Bertz CT molecular complexity index is 572. The predicted octanol–water partition coefficient (Wildman–Crippen LogP) is 4.44. The van der Waals surface area contributed by atoms with Crippen molar-refractivity contribution in [3.63, 3.8) is 0 Å². The molecule has 0 saturated heterocycles. The van der Waals surface area contributed by atoms with Crippen molar-refractivity contribution < 1.29 is 13.2 Å². The third kappa shape index (κ3) is 4.58. The summed E-state index contributed by atoms with van der Waals surface area (Å²) in [5.41, 5.74) is 6.31. The Morgan fingerprint density at radius 2 is 1.62 bits per heavy atom. The first-order chi connectivity index (χ1) is 9.88. The van der Waals surface area contributed by atoms with Gasteiger partial charge < -0.3 is 5.73 Å². The number of hydrogen-bond donors (Lipinski definition) is 1. The average molecular weight is 313 g/mol. The van der Waals surface area contributed by atoms with Crippen LogP contribution < -0.4 is 5.73 Å². The van der Waals surface area contributed by atoms with E-state index < -0.39 is 11.7 Å². The first-order valence-corrected chi connectivity index (χ1v) is 7.69. The van der Waals surface area contributed by atoms with Crippen LogP contribution >= 0.6 is 11.3 Å². The smallest absolute Gasteiger partial charge is 0.327 e. The van der Waals surface area contributed by atoms with Crippen molar-refractivity contribution in [1.82, 2.24) is 0 Å². The highest BCUT2D eigenvalue weighted by molar-refractivity contribution is 7.11. The summed E-state index contributed by atoms with van der Waals surface area (Å²) in [6, 6.07) is 9.35. The van der Waals surface area contributed by atoms with E-state index in [4.69, 9.17) is 5.73 Å². The summed E-state index contributed by atoms with van der Waals surface area (Å²) in [6.45, 7) is 2.11. The number of alkyl halides is 3. The summed E-state index contributed by atoms with van der Waals surface area (Å²) in [4.78, 5) is 2.55. The van der Waals surface area contributed by atoms with Crippen LogP contribution in [0.3, 0.4) is 0 Å². The van der Waals surface area contributed by atoms with Crippen LogP contribution in [-0.2, 0) is 25.4 Å². The van der Waals surface area contributed by atoms with Gasteiger partial charge in [-0.3, -0.25) is 0 Å². The molecule has 2 N–H and O–H groups in total. The van der Waals surface area contributed by atoms with Gasteiger partial charge in [0.25, 0.3) is 0 Å². The molecular weight excluding hydrogens is 295 g/mol. The highest BCUT2D eigenvalue weighted by Gasteiger charge is 2.29. The average Bonchev–Trinajstić information content (AvgIpc) is 2.85. The van der Waals surface area contributed by atoms with Crippen molar-refractivity contribution >= 4 is 11.3 Å². The molecule has 2 rings (SSSR count). The molecule has 21 heavy (non-hydrogen) atoms. The van der Waals surface area contributed by atoms with Gasteiger partial charge in [-0.15, -0.1) is 11.3 Å². The first kappa shape index (κ1) is 16.0. The molecule has 1 aromatic heterocycles. The van der Waals surface area contributed by atoms with E-state index in [9.17, 15) is 13.2 Å². The Hall–Kier alpha value is -1.33. The summed E-state index contributed by atoms with van der Waals surface area (Å²) in [6.07, 6.45) is -1.93. The zero-order chi connectivity index (χ0) is 15.5. The van der Waals surface area contributed by atoms with Gasteiger partial charge in [-0.2, -0.15) is 13.2 Å². The topological polar surface area (TPSA) is 26.0 Å². The molecule has 1 heterocycles. The fourth-order valence-electron chi connectivity index (χ4n) is 2.19. The lowest BCUT2D eigenvalue weighted by Crippen LogP contribution is -2.25. The third-order valence-corrected chi connectivity index (χ3v) is 4.56. The quantitative estimate of drug-likeness (QED) is 0.867. The second-order valence-corrected chi connectivity index (χ2v) is 6.34. The Balaban J connectivity index is 1.94. The Morgan fingerprint density at radius 1 is 1.00 bits per heavy atom. The number of halogens is 3. The molecule has 1 atom stereocenters. The maximum absolute atomic E-state index is 12.5. The highest BCUT2D eigenvalue weighted by atomic mass is 32.1. The summed E-state index contributed by atoms with van der Waals surface area (Å²) >= 11 is 1.75. The second-order valence-electron chi connectivity index (χ2n) is 5.08. The van der Waals surface area contributed by atoms with Crippen molar-refractivity contribution in [2.24, 2.45) is 5.73 Å². The Morgan fingerprint density at radius 3 is 2.14 bits per heavy atom. The SMILES string of the molecule is CCc1ccc(CC(N)Cc2ccc(C(F)(F)F)cc2)s1. The van der Waals surface area contributed by atoms with Gasteiger partial charge in [-0.25, -0.2) is 0 Å². The normalized spacial score (nSPS) is 13.4. The first-order valence-electron chi connectivity index (χ1n) is 6.87. The molecule has 0 bridgehead atoms. The van der Waals surface area contributed by atoms with Gasteiger partial charge >= 0.3 is 6.18 Å². The zero-order valence-corrected chi connectivity index (χ0v) is 12.6. The molecule has 0 spiro atoms. The molecule has 0 saturated carbocycles. The van der Waals surface area contributed by atoms with E-state index in [0.717, 1.165) is 30.5 Å². The van der Waals surface area contributed by atoms with Crippen LogP contribution in [-0.4, -0.2) is 6.04 Å². The van der Waals surface area contributed by atoms with Crippen molar-refractivity contribution in [3.05, 3.63) is 57.3 Å². The molecule has 2 aromatic rings. The number of aryl methyl sites for hydroxylation is 1. The molecule has 1 aromatic carbocycles. The molecule has 0 aliphatic rings. The molecule has 0 aliphatic carbocycles. The molecule has 1 unspecified atom stereocenters. The number of rotatable bonds is 5. The van der Waals surface area contributed by atoms with Gasteiger partial charge in [0.05, 0.1) is 5.56 Å². The highest BCUT2D eigenvalue weighted by Crippen LogP contribution is 2.29. The van der Waals surface area contributed by atoms with Crippen molar-refractivity contribution in [2.45, 2.75) is 38.4 Å². The number of thiophene rings is 1. The lowest BCUT2D eigenvalue weighted by atomic mass is 10.0. The maximum atomic E-state index is 12.5. The van der Waals surface area contributed by atoms with Crippen LogP contribution in [0.25, 0.3) is 0 Å². The van der Waals surface area contributed by atoms with Gasteiger partial charge in [-0.05, 0) is 49.1 Å². The van der Waals surface area contributed by atoms with Gasteiger partial charge in [0, 0.05) is 15.8 Å². The molecule has 0 radical (unpaired) electrons. The third-order valence-electron chi connectivity index (χ3n) is 3.31. The van der Waals surface area contributed by atoms with E-state index in [-0.39, 0.29) is 6.04 Å². The Labute approximate surface area is 126 Å². The number of nitrogens with two attached hydrogens (primary N) is 1. The molecule has 1 nitrogen and oxygen atoms in total. The molecule has 0 amide bonds. The zero-order valence-electron chi connectivity index (χ0n) is 11.8. The molecule has 0 aliphatic heterocycles. The minimum Gasteiger partial charge on any atom is -0.327 e. The fourth-order valence-corrected chi connectivity index (χ4v) is 3.24. The number of hydrogen-bond acceptors (Lipinski definition) is 2. The summed E-state index contributed by atoms with van der Waals surface area (Å²) in [5.74, 6) is 0. The molecule has 114 valence electrons. The molecular formula is C16H18F3NS. The summed E-state index contributed by atoms with van der Waals surface area (Å²) in [7, 11) is 0. The van der Waals surface area contributed by atoms with Gasteiger partial charge in [0.1, 0.15) is 0 Å². The predicted molar refractivity (Wildman–Crippen MR) is 80.5 cm³/mol. The van der Waals surface area contributed by atoms with Crippen LogP contribution in [0, 0.1) is 0 Å². The van der Waals surface area contributed by atoms with Crippen molar-refractivity contribution in [3.8, 4) is 0 Å². The minimum atomic E-state index is -4.28. The Kier molecular flexibility index (Phi) is 5.06. The maximum Gasteiger partial charge on any atom is 0.416 e. The summed E-state index contributed by atoms with van der Waals surface area (Å²) < 4.78 is 37.4. The van der Waals surface area contributed by atoms with Gasteiger partial charge in [0.2, 0.25) is 0 Å². The number of benzene rings is 1. The van der Waals surface area contributed by atoms with Gasteiger partial charge in [-0.1, -0.05) is 19.1 Å². The lowest BCUT2D eigenvalue weighted by molar-refractivity contribution is -0.137. The van der Waals surface area contributed by atoms with E-state index in [1.165, 1.54) is 21.9 Å². The monoisotopic (exact) mass is 313 g/mol. The van der Waals surface area contributed by atoms with E-state index in [0.29, 0.717) is 6.42 Å². The van der Waals surface area contributed by atoms with E-state index >= 15 is 0 Å². The van der Waals surface area contributed by atoms with Crippen LogP contribution in [0.4, 0.5) is 13.2 Å². The van der Waals surface area contributed by atoms with Crippen LogP contribution in [0.2, 0.25) is 0 Å². The van der Waals surface area contributed by atoms with Crippen LogP contribution in [0.15, 0.2) is 36.4 Å². The molecule has 5 heteroatoms. The minimum absolute atomic E-state index is 0.0786. The molecule has 0 fully saturated rings. The van der Waals surface area contributed by atoms with E-state index in [2.05, 4.69) is 19.1 Å². The van der Waals surface area contributed by atoms with Crippen molar-refractivity contribution in [1.29, 1.82) is 0 Å². The van der Waals surface area contributed by atoms with E-state index in [1.54, 1.807) is 11.3 Å². The van der Waals surface area contributed by atoms with Crippen molar-refractivity contribution in [2.75, 3.05) is 0 Å².